The van der Waals surface area contributed by atoms with E-state index < -0.39 is 0 Å². The highest BCUT2D eigenvalue weighted by Gasteiger charge is 2.25. The lowest BCUT2D eigenvalue weighted by Gasteiger charge is -2.31. The van der Waals surface area contributed by atoms with Crippen LogP contribution in [-0.2, 0) is 13.0 Å². The third-order valence-electron chi connectivity index (χ3n) is 5.22. The summed E-state index contributed by atoms with van der Waals surface area (Å²) in [5.74, 6) is 2.13. The molecule has 29 heavy (non-hydrogen) atoms. The van der Waals surface area contributed by atoms with Crippen LogP contribution in [0.15, 0.2) is 59.0 Å². The van der Waals surface area contributed by atoms with Crippen molar-refractivity contribution in [2.75, 3.05) is 18.0 Å². The van der Waals surface area contributed by atoms with Gasteiger partial charge in [0.2, 0.25) is 17.5 Å². The number of halogens is 1. The monoisotopic (exact) mass is 407 g/mol. The van der Waals surface area contributed by atoms with Crippen LogP contribution in [0.3, 0.4) is 0 Å². The van der Waals surface area contributed by atoms with Crippen molar-refractivity contribution in [3.63, 3.8) is 0 Å². The zero-order valence-electron chi connectivity index (χ0n) is 16.1. The van der Waals surface area contributed by atoms with Crippen molar-refractivity contribution in [3.8, 4) is 11.8 Å². The molecular formula is C23H22ClN3O2. The van der Waals surface area contributed by atoms with Crippen molar-refractivity contribution >= 4 is 17.5 Å². The second-order valence-corrected chi connectivity index (χ2v) is 7.62. The van der Waals surface area contributed by atoms with E-state index in [1.54, 1.807) is 12.1 Å². The number of nitriles is 1. The number of piperidine rings is 1. The lowest BCUT2D eigenvalue weighted by atomic mass is 9.90. The van der Waals surface area contributed by atoms with Crippen LogP contribution in [0.2, 0.25) is 5.02 Å². The van der Waals surface area contributed by atoms with Crippen molar-refractivity contribution in [3.05, 3.63) is 76.8 Å². The Morgan fingerprint density at radius 1 is 1.10 bits per heavy atom. The normalized spacial score (nSPS) is 14.6. The van der Waals surface area contributed by atoms with Gasteiger partial charge in [-0.15, -0.1) is 0 Å². The fraction of sp³-hybridized carbons (Fsp3) is 0.304. The molecule has 0 atom stereocenters. The molecule has 0 bridgehead atoms. The minimum Gasteiger partial charge on any atom is -0.482 e. The van der Waals surface area contributed by atoms with Crippen LogP contribution in [0.5, 0.6) is 5.75 Å². The molecule has 148 valence electrons. The summed E-state index contributed by atoms with van der Waals surface area (Å²) in [7, 11) is 0. The molecule has 2 aromatic carbocycles. The molecule has 6 heteroatoms. The van der Waals surface area contributed by atoms with E-state index in [0.717, 1.165) is 32.4 Å². The van der Waals surface area contributed by atoms with Gasteiger partial charge in [0.25, 0.3) is 0 Å². The van der Waals surface area contributed by atoms with Crippen molar-refractivity contribution < 1.29 is 9.15 Å². The van der Waals surface area contributed by atoms with Gasteiger partial charge in [0.15, 0.2) is 6.61 Å². The van der Waals surface area contributed by atoms with Crippen LogP contribution in [0.4, 0.5) is 5.88 Å². The number of ether oxygens (including phenoxy) is 1. The third kappa shape index (κ3) is 4.72. The number of benzene rings is 2. The number of para-hydroxylation sites is 1. The summed E-state index contributed by atoms with van der Waals surface area (Å²) >= 11 is 6.11. The molecule has 4 rings (SSSR count). The lowest BCUT2D eigenvalue weighted by Crippen LogP contribution is -2.34. The van der Waals surface area contributed by atoms with Crippen molar-refractivity contribution in [2.24, 2.45) is 5.92 Å². The van der Waals surface area contributed by atoms with Gasteiger partial charge in [-0.05, 0) is 42.9 Å². The van der Waals surface area contributed by atoms with E-state index >= 15 is 0 Å². The highest BCUT2D eigenvalue weighted by Crippen LogP contribution is 2.30. The highest BCUT2D eigenvalue weighted by molar-refractivity contribution is 6.32. The number of nitrogens with zero attached hydrogens (tertiary/aromatic N) is 3. The molecule has 0 aliphatic carbocycles. The molecule has 3 aromatic rings. The Morgan fingerprint density at radius 3 is 2.55 bits per heavy atom. The summed E-state index contributed by atoms with van der Waals surface area (Å²) in [5.41, 5.74) is 1.69. The SMILES string of the molecule is N#Cc1nc(COc2ccccc2Cl)oc1N1CCC(Cc2ccccc2)CC1. The van der Waals surface area contributed by atoms with Crippen LogP contribution in [0.1, 0.15) is 30.0 Å². The first kappa shape index (κ1) is 19.4. The number of hydrogen-bond donors (Lipinski definition) is 0. The molecule has 1 aliphatic heterocycles. The molecule has 5 nitrogen and oxygen atoms in total. The highest BCUT2D eigenvalue weighted by atomic mass is 35.5. The van der Waals surface area contributed by atoms with Crippen LogP contribution < -0.4 is 9.64 Å². The maximum absolute atomic E-state index is 9.48. The van der Waals surface area contributed by atoms with E-state index in [9.17, 15) is 5.26 Å². The van der Waals surface area contributed by atoms with E-state index in [0.29, 0.717) is 34.2 Å². The second kappa shape index (κ2) is 9.02. The third-order valence-corrected chi connectivity index (χ3v) is 5.53. The molecule has 0 saturated carbocycles. The number of aromatic nitrogens is 1. The first-order valence-corrected chi connectivity index (χ1v) is 10.2. The zero-order valence-corrected chi connectivity index (χ0v) is 16.8. The number of hydrogen-bond acceptors (Lipinski definition) is 5. The van der Waals surface area contributed by atoms with Gasteiger partial charge in [-0.2, -0.15) is 10.2 Å². The smallest absolute Gasteiger partial charge is 0.236 e. The molecule has 2 heterocycles. The minimum absolute atomic E-state index is 0.128. The predicted molar refractivity (Wildman–Crippen MR) is 112 cm³/mol. The van der Waals surface area contributed by atoms with Gasteiger partial charge in [0.05, 0.1) is 5.02 Å². The Morgan fingerprint density at radius 2 is 1.83 bits per heavy atom. The standard InChI is InChI=1S/C23H22ClN3O2/c24-19-8-4-5-9-21(19)28-16-22-26-20(15-25)23(29-22)27-12-10-18(11-13-27)14-17-6-2-1-3-7-17/h1-9,18H,10-14,16H2. The molecule has 1 aliphatic rings. The molecule has 0 amide bonds. The topological polar surface area (TPSA) is 62.3 Å². The summed E-state index contributed by atoms with van der Waals surface area (Å²) in [4.78, 5) is 6.41. The van der Waals surface area contributed by atoms with Gasteiger partial charge < -0.3 is 14.1 Å². The Kier molecular flexibility index (Phi) is 6.02. The van der Waals surface area contributed by atoms with Gasteiger partial charge >= 0.3 is 0 Å². The van der Waals surface area contributed by atoms with Gasteiger partial charge in [0, 0.05) is 13.1 Å². The Labute approximate surface area is 175 Å². The first-order valence-electron chi connectivity index (χ1n) is 9.79. The summed E-state index contributed by atoms with van der Waals surface area (Å²) < 4.78 is 11.6. The molecule has 0 unspecified atom stereocenters. The first-order chi connectivity index (χ1) is 14.2. The second-order valence-electron chi connectivity index (χ2n) is 7.21. The molecule has 0 spiro atoms. The van der Waals surface area contributed by atoms with Crippen molar-refractivity contribution in [2.45, 2.75) is 25.9 Å². The molecule has 1 aromatic heterocycles. The van der Waals surface area contributed by atoms with Gasteiger partial charge in [-0.25, -0.2) is 0 Å². The molecule has 1 fully saturated rings. The van der Waals surface area contributed by atoms with Crippen molar-refractivity contribution in [1.82, 2.24) is 4.98 Å². The van der Waals surface area contributed by atoms with E-state index in [1.807, 2.05) is 18.2 Å². The molecule has 0 N–H and O–H groups in total. The van der Waals surface area contributed by atoms with Crippen LogP contribution >= 0.6 is 11.6 Å². The van der Waals surface area contributed by atoms with E-state index in [2.05, 4.69) is 40.2 Å². The lowest BCUT2D eigenvalue weighted by molar-refractivity contribution is 0.262. The summed E-state index contributed by atoms with van der Waals surface area (Å²) in [5, 5.41) is 10.0. The Bertz CT molecular complexity index is 989. The van der Waals surface area contributed by atoms with Crippen LogP contribution in [-0.4, -0.2) is 18.1 Å². The molecule has 0 radical (unpaired) electrons. The largest absolute Gasteiger partial charge is 0.482 e. The maximum atomic E-state index is 9.48. The quantitative estimate of drug-likeness (QED) is 0.559. The average Bonchev–Trinajstić information content (AvgIpc) is 3.18. The Hall–Kier alpha value is -2.97. The van der Waals surface area contributed by atoms with Gasteiger partial charge in [-0.1, -0.05) is 54.1 Å². The Balaban J connectivity index is 1.37. The van der Waals surface area contributed by atoms with Crippen LogP contribution in [0, 0.1) is 17.2 Å². The summed E-state index contributed by atoms with van der Waals surface area (Å²) in [6.45, 7) is 1.83. The summed E-state index contributed by atoms with van der Waals surface area (Å²) in [6.07, 6.45) is 3.21. The average molecular weight is 408 g/mol. The van der Waals surface area contributed by atoms with Gasteiger partial charge in [0.1, 0.15) is 11.8 Å². The fourth-order valence-corrected chi connectivity index (χ4v) is 3.88. The van der Waals surface area contributed by atoms with E-state index in [4.69, 9.17) is 20.8 Å². The summed E-state index contributed by atoms with van der Waals surface area (Å²) in [6, 6.07) is 20.0. The number of rotatable bonds is 6. The van der Waals surface area contributed by atoms with Crippen LogP contribution in [0.25, 0.3) is 0 Å². The maximum Gasteiger partial charge on any atom is 0.236 e. The van der Waals surface area contributed by atoms with Gasteiger partial charge in [-0.3, -0.25) is 0 Å². The molecular weight excluding hydrogens is 386 g/mol. The molecule has 1 saturated heterocycles. The fourth-order valence-electron chi connectivity index (χ4n) is 3.69. The minimum atomic E-state index is 0.128. The van der Waals surface area contributed by atoms with Crippen molar-refractivity contribution in [1.29, 1.82) is 5.26 Å². The zero-order chi connectivity index (χ0) is 20.1. The van der Waals surface area contributed by atoms with E-state index in [-0.39, 0.29) is 6.61 Å². The number of oxazole rings is 1. The van der Waals surface area contributed by atoms with E-state index in [1.165, 1.54) is 5.56 Å². The number of anilines is 1. The predicted octanol–water partition coefficient (Wildman–Crippen LogP) is 5.24.